The molecule has 0 radical (unpaired) electrons. The van der Waals surface area contributed by atoms with E-state index in [4.69, 9.17) is 16.9 Å². The zero-order valence-corrected chi connectivity index (χ0v) is 13.5. The quantitative estimate of drug-likeness (QED) is 0.898. The molecule has 0 bridgehead atoms. The van der Waals surface area contributed by atoms with Crippen LogP contribution in [0, 0.1) is 11.3 Å². The highest BCUT2D eigenvalue weighted by atomic mass is 35.5. The van der Waals surface area contributed by atoms with E-state index >= 15 is 0 Å². The Morgan fingerprint density at radius 2 is 2.21 bits per heavy atom. The molecule has 2 N–H and O–H groups in total. The minimum absolute atomic E-state index is 0.185. The van der Waals surface area contributed by atoms with Gasteiger partial charge in [0.25, 0.3) is 5.91 Å². The fourth-order valence-corrected chi connectivity index (χ4v) is 2.98. The maximum Gasteiger partial charge on any atom is 0.268 e. The van der Waals surface area contributed by atoms with E-state index in [9.17, 15) is 9.59 Å². The van der Waals surface area contributed by atoms with E-state index in [0.717, 1.165) is 6.42 Å². The molecule has 1 atom stereocenters. The topological polar surface area (TPSA) is 89.0 Å². The molecule has 122 valence electrons. The summed E-state index contributed by atoms with van der Waals surface area (Å²) in [5.41, 5.74) is 1.27. The first kappa shape index (κ1) is 16.1. The van der Waals surface area contributed by atoms with Crippen molar-refractivity contribution in [1.82, 2.24) is 10.3 Å². The van der Waals surface area contributed by atoms with Gasteiger partial charge in [-0.3, -0.25) is 9.59 Å². The van der Waals surface area contributed by atoms with Crippen LogP contribution in [0.25, 0.3) is 0 Å². The zero-order chi connectivity index (χ0) is 17.1. The number of para-hydroxylation sites is 1. The SMILES string of the molecule is N#Cc1c[nH]c(C(=O)NC2CCCN(c3ccccc3Cl)C2=O)c1. The van der Waals surface area contributed by atoms with Crippen molar-refractivity contribution in [1.29, 1.82) is 5.26 Å². The Labute approximate surface area is 144 Å². The number of nitriles is 1. The van der Waals surface area contributed by atoms with Gasteiger partial charge in [0.15, 0.2) is 0 Å². The third-order valence-corrected chi connectivity index (χ3v) is 4.26. The second kappa shape index (κ2) is 6.77. The summed E-state index contributed by atoms with van der Waals surface area (Å²) in [6.45, 7) is 0.565. The van der Waals surface area contributed by atoms with Gasteiger partial charge in [-0.25, -0.2) is 0 Å². The first-order valence-corrected chi connectivity index (χ1v) is 7.93. The van der Waals surface area contributed by atoms with Crippen LogP contribution in [0.3, 0.4) is 0 Å². The Hall–Kier alpha value is -2.78. The number of nitrogens with one attached hydrogen (secondary N) is 2. The molecule has 1 aliphatic rings. The van der Waals surface area contributed by atoms with Crippen LogP contribution >= 0.6 is 11.6 Å². The van der Waals surface area contributed by atoms with E-state index in [2.05, 4.69) is 10.3 Å². The first-order valence-electron chi connectivity index (χ1n) is 7.55. The number of amides is 2. The second-order valence-corrected chi connectivity index (χ2v) is 5.93. The number of anilines is 1. The first-order chi connectivity index (χ1) is 11.6. The summed E-state index contributed by atoms with van der Waals surface area (Å²) in [6.07, 6.45) is 2.78. The molecule has 2 heterocycles. The van der Waals surface area contributed by atoms with Crippen LogP contribution in [0.4, 0.5) is 5.69 Å². The van der Waals surface area contributed by atoms with Crippen LogP contribution < -0.4 is 10.2 Å². The Kier molecular flexibility index (Phi) is 4.54. The molecular formula is C17H15ClN4O2. The summed E-state index contributed by atoms with van der Waals surface area (Å²) in [4.78, 5) is 29.3. The third-order valence-electron chi connectivity index (χ3n) is 3.94. The lowest BCUT2D eigenvalue weighted by molar-refractivity contribution is -0.121. The van der Waals surface area contributed by atoms with Crippen molar-refractivity contribution >= 4 is 29.1 Å². The van der Waals surface area contributed by atoms with Crippen molar-refractivity contribution in [2.45, 2.75) is 18.9 Å². The summed E-state index contributed by atoms with van der Waals surface area (Å²) < 4.78 is 0. The molecule has 1 fully saturated rings. The highest BCUT2D eigenvalue weighted by Gasteiger charge is 2.32. The average molecular weight is 343 g/mol. The van der Waals surface area contributed by atoms with Crippen LogP contribution in [0.15, 0.2) is 36.5 Å². The van der Waals surface area contributed by atoms with Gasteiger partial charge in [-0.2, -0.15) is 5.26 Å². The molecule has 0 spiro atoms. The number of piperidine rings is 1. The van der Waals surface area contributed by atoms with E-state index in [1.165, 1.54) is 12.3 Å². The van der Waals surface area contributed by atoms with Gasteiger partial charge in [0.2, 0.25) is 5.91 Å². The van der Waals surface area contributed by atoms with Gasteiger partial charge in [-0.15, -0.1) is 0 Å². The summed E-state index contributed by atoms with van der Waals surface area (Å²) in [7, 11) is 0. The summed E-state index contributed by atoms with van der Waals surface area (Å²) >= 11 is 6.17. The molecule has 2 aromatic rings. The molecule has 1 aliphatic heterocycles. The van der Waals surface area contributed by atoms with Gasteiger partial charge in [0.1, 0.15) is 17.8 Å². The zero-order valence-electron chi connectivity index (χ0n) is 12.8. The summed E-state index contributed by atoms with van der Waals surface area (Å²) in [5, 5.41) is 12.0. The molecule has 1 unspecified atom stereocenters. The minimum atomic E-state index is -0.614. The summed E-state index contributed by atoms with van der Waals surface area (Å²) in [5.74, 6) is -0.592. The molecule has 7 heteroatoms. The van der Waals surface area contributed by atoms with Gasteiger partial charge in [0, 0.05) is 12.7 Å². The third kappa shape index (κ3) is 3.12. The summed E-state index contributed by atoms with van der Waals surface area (Å²) in [6, 6.07) is 9.93. The molecule has 24 heavy (non-hydrogen) atoms. The van der Waals surface area contributed by atoms with E-state index < -0.39 is 11.9 Å². The van der Waals surface area contributed by atoms with Crippen molar-refractivity contribution in [2.75, 3.05) is 11.4 Å². The fraction of sp³-hybridized carbons (Fsp3) is 0.235. The normalized spacial score (nSPS) is 17.4. The molecule has 2 amide bonds. The number of aromatic nitrogens is 1. The van der Waals surface area contributed by atoms with Crippen molar-refractivity contribution in [3.05, 3.63) is 52.8 Å². The average Bonchev–Trinajstić information content (AvgIpc) is 3.07. The number of halogens is 1. The Balaban J connectivity index is 1.75. The van der Waals surface area contributed by atoms with Crippen LogP contribution in [-0.4, -0.2) is 29.4 Å². The van der Waals surface area contributed by atoms with Crippen molar-refractivity contribution < 1.29 is 9.59 Å². The van der Waals surface area contributed by atoms with Crippen LogP contribution in [-0.2, 0) is 4.79 Å². The molecular weight excluding hydrogens is 328 g/mol. The molecule has 1 saturated heterocycles. The fourth-order valence-electron chi connectivity index (χ4n) is 2.74. The predicted octanol–water partition coefficient (Wildman–Crippen LogP) is 2.47. The molecule has 1 aromatic carbocycles. The number of hydrogen-bond acceptors (Lipinski definition) is 3. The Bertz CT molecular complexity index is 824. The number of rotatable bonds is 3. The van der Waals surface area contributed by atoms with E-state index in [1.807, 2.05) is 12.1 Å². The number of benzene rings is 1. The van der Waals surface area contributed by atoms with Gasteiger partial charge in [0.05, 0.1) is 16.3 Å². The number of H-pyrrole nitrogens is 1. The van der Waals surface area contributed by atoms with Crippen LogP contribution in [0.2, 0.25) is 5.02 Å². The standard InChI is InChI=1S/C17H15ClN4O2/c18-12-4-1-2-6-15(12)22-7-3-5-13(17(22)24)21-16(23)14-8-11(9-19)10-20-14/h1-2,4,6,8,10,13,20H,3,5,7H2,(H,21,23). The number of aromatic amines is 1. The van der Waals surface area contributed by atoms with Gasteiger partial charge < -0.3 is 15.2 Å². The molecule has 3 rings (SSSR count). The minimum Gasteiger partial charge on any atom is -0.356 e. The van der Waals surface area contributed by atoms with Crippen LogP contribution in [0.1, 0.15) is 28.9 Å². The molecule has 1 aromatic heterocycles. The monoisotopic (exact) mass is 342 g/mol. The number of carbonyl (C=O) groups is 2. The van der Waals surface area contributed by atoms with E-state index in [0.29, 0.717) is 29.2 Å². The lowest BCUT2D eigenvalue weighted by Crippen LogP contribution is -2.52. The van der Waals surface area contributed by atoms with E-state index in [-0.39, 0.29) is 11.6 Å². The highest BCUT2D eigenvalue weighted by molar-refractivity contribution is 6.33. The molecule has 6 nitrogen and oxygen atoms in total. The number of nitrogens with zero attached hydrogens (tertiary/aromatic N) is 2. The largest absolute Gasteiger partial charge is 0.356 e. The Morgan fingerprint density at radius 1 is 1.42 bits per heavy atom. The molecule has 0 aliphatic carbocycles. The highest BCUT2D eigenvalue weighted by Crippen LogP contribution is 2.28. The van der Waals surface area contributed by atoms with Crippen LogP contribution in [0.5, 0.6) is 0 Å². The predicted molar refractivity (Wildman–Crippen MR) is 89.8 cm³/mol. The van der Waals surface area contributed by atoms with Gasteiger partial charge in [-0.05, 0) is 31.0 Å². The number of hydrogen-bond donors (Lipinski definition) is 2. The van der Waals surface area contributed by atoms with E-state index in [1.54, 1.807) is 23.1 Å². The second-order valence-electron chi connectivity index (χ2n) is 5.52. The lowest BCUT2D eigenvalue weighted by Gasteiger charge is -2.33. The molecule has 0 saturated carbocycles. The van der Waals surface area contributed by atoms with Crippen molar-refractivity contribution in [3.8, 4) is 6.07 Å². The van der Waals surface area contributed by atoms with Gasteiger partial charge >= 0.3 is 0 Å². The lowest BCUT2D eigenvalue weighted by atomic mass is 10.0. The number of carbonyl (C=O) groups excluding carboxylic acids is 2. The maximum absolute atomic E-state index is 12.7. The van der Waals surface area contributed by atoms with Crippen molar-refractivity contribution in [3.63, 3.8) is 0 Å². The van der Waals surface area contributed by atoms with Gasteiger partial charge in [-0.1, -0.05) is 23.7 Å². The smallest absolute Gasteiger partial charge is 0.268 e. The Morgan fingerprint density at radius 3 is 2.92 bits per heavy atom. The maximum atomic E-state index is 12.7. The van der Waals surface area contributed by atoms with Crippen molar-refractivity contribution in [2.24, 2.45) is 0 Å².